The molecule has 0 aromatic heterocycles. The Morgan fingerprint density at radius 2 is 1.82 bits per heavy atom. The van der Waals surface area contributed by atoms with Crippen LogP contribution in [-0.2, 0) is 17.6 Å². The number of fused-ring (bicyclic) bond motifs is 1. The minimum absolute atomic E-state index is 0.237. The Morgan fingerprint density at radius 3 is 2.41 bits per heavy atom. The predicted molar refractivity (Wildman–Crippen MR) is 93.5 cm³/mol. The number of carbonyl (C=O) groups excluding carboxylic acids is 1. The second-order valence-corrected chi connectivity index (χ2v) is 6.54. The van der Waals surface area contributed by atoms with Crippen molar-refractivity contribution in [2.24, 2.45) is 0 Å². The number of rotatable bonds is 8. The maximum absolute atomic E-state index is 12.3. The molecule has 1 amide bonds. The van der Waals surface area contributed by atoms with Gasteiger partial charge < -0.3 is 9.80 Å². The molecular formula is C19H30N2O. The molecule has 122 valence electrons. The van der Waals surface area contributed by atoms with Crippen molar-refractivity contribution < 1.29 is 4.79 Å². The summed E-state index contributed by atoms with van der Waals surface area (Å²) in [6, 6.07) is 6.64. The van der Waals surface area contributed by atoms with Gasteiger partial charge in [0, 0.05) is 18.3 Å². The van der Waals surface area contributed by atoms with Crippen molar-refractivity contribution >= 4 is 11.6 Å². The molecule has 3 heteroatoms. The summed E-state index contributed by atoms with van der Waals surface area (Å²) in [5, 5.41) is 0. The van der Waals surface area contributed by atoms with E-state index < -0.39 is 0 Å². The van der Waals surface area contributed by atoms with Crippen LogP contribution in [0.3, 0.4) is 0 Å². The van der Waals surface area contributed by atoms with Gasteiger partial charge in [-0.05, 0) is 63.4 Å². The fourth-order valence-electron chi connectivity index (χ4n) is 3.47. The zero-order valence-electron chi connectivity index (χ0n) is 14.6. The van der Waals surface area contributed by atoms with E-state index in [1.54, 1.807) is 0 Å². The smallest absolute Gasteiger partial charge is 0.231 e. The summed E-state index contributed by atoms with van der Waals surface area (Å²) in [5.74, 6) is 0.247. The van der Waals surface area contributed by atoms with Gasteiger partial charge in [0.05, 0.1) is 6.42 Å². The summed E-state index contributed by atoms with van der Waals surface area (Å²) < 4.78 is 0. The molecule has 1 heterocycles. The maximum Gasteiger partial charge on any atom is 0.231 e. The number of amides is 1. The molecule has 1 aliphatic heterocycles. The average Bonchev–Trinajstić information content (AvgIpc) is 2.81. The molecule has 0 atom stereocenters. The van der Waals surface area contributed by atoms with Crippen LogP contribution < -0.4 is 4.90 Å². The largest absolute Gasteiger partial charge is 0.309 e. The van der Waals surface area contributed by atoms with Crippen LogP contribution in [0, 0.1) is 0 Å². The van der Waals surface area contributed by atoms with Crippen molar-refractivity contribution in [3.05, 3.63) is 29.3 Å². The summed E-state index contributed by atoms with van der Waals surface area (Å²) in [6.45, 7) is 12.1. The van der Waals surface area contributed by atoms with Crippen LogP contribution in [0.15, 0.2) is 18.2 Å². The molecule has 0 bridgehead atoms. The van der Waals surface area contributed by atoms with Crippen LogP contribution in [0.25, 0.3) is 0 Å². The van der Waals surface area contributed by atoms with Gasteiger partial charge in [-0.15, -0.1) is 0 Å². The molecule has 1 aromatic carbocycles. The first-order valence-corrected chi connectivity index (χ1v) is 8.73. The SMILES string of the molecule is CCCN(CCC)CCc1cccc2c1CC(=O)N2C(C)C. The fraction of sp³-hybridized carbons (Fsp3) is 0.632. The molecule has 0 fully saturated rings. The van der Waals surface area contributed by atoms with Crippen molar-refractivity contribution in [3.8, 4) is 0 Å². The highest BCUT2D eigenvalue weighted by Crippen LogP contribution is 2.33. The van der Waals surface area contributed by atoms with Gasteiger partial charge >= 0.3 is 0 Å². The second kappa shape index (κ2) is 7.77. The minimum atomic E-state index is 0.237. The van der Waals surface area contributed by atoms with Gasteiger partial charge in [-0.25, -0.2) is 0 Å². The lowest BCUT2D eigenvalue weighted by atomic mass is 10.0. The zero-order chi connectivity index (χ0) is 16.1. The first-order valence-electron chi connectivity index (χ1n) is 8.73. The number of nitrogens with zero attached hydrogens (tertiary/aromatic N) is 2. The molecule has 22 heavy (non-hydrogen) atoms. The fourth-order valence-corrected chi connectivity index (χ4v) is 3.47. The zero-order valence-corrected chi connectivity index (χ0v) is 14.6. The molecular weight excluding hydrogens is 272 g/mol. The Hall–Kier alpha value is -1.35. The second-order valence-electron chi connectivity index (χ2n) is 6.54. The lowest BCUT2D eigenvalue weighted by Gasteiger charge is -2.23. The van der Waals surface area contributed by atoms with Gasteiger partial charge in [0.15, 0.2) is 0 Å². The molecule has 0 radical (unpaired) electrons. The standard InChI is InChI=1S/C19H30N2O/c1-5-11-20(12-6-2)13-10-16-8-7-9-18-17(16)14-19(22)21(18)15(3)4/h7-9,15H,5-6,10-14H2,1-4H3. The van der Waals surface area contributed by atoms with Crippen molar-refractivity contribution in [1.29, 1.82) is 0 Å². The molecule has 0 saturated carbocycles. The molecule has 2 rings (SSSR count). The third-order valence-electron chi connectivity index (χ3n) is 4.40. The first-order chi connectivity index (χ1) is 10.6. The van der Waals surface area contributed by atoms with Crippen LogP contribution in [0.5, 0.6) is 0 Å². The van der Waals surface area contributed by atoms with Crippen molar-refractivity contribution in [2.45, 2.75) is 59.4 Å². The summed E-state index contributed by atoms with van der Waals surface area (Å²) in [4.78, 5) is 16.8. The van der Waals surface area contributed by atoms with E-state index in [2.05, 4.69) is 50.8 Å². The molecule has 3 nitrogen and oxygen atoms in total. The first kappa shape index (κ1) is 17.0. The Kier molecular flexibility index (Phi) is 6.01. The molecule has 0 unspecified atom stereocenters. The number of anilines is 1. The van der Waals surface area contributed by atoms with Gasteiger partial charge in [-0.2, -0.15) is 0 Å². The van der Waals surface area contributed by atoms with E-state index in [1.807, 2.05) is 4.90 Å². The summed E-state index contributed by atoms with van der Waals surface area (Å²) in [7, 11) is 0. The number of benzene rings is 1. The van der Waals surface area contributed by atoms with E-state index in [4.69, 9.17) is 0 Å². The van der Waals surface area contributed by atoms with Crippen LogP contribution in [0.2, 0.25) is 0 Å². The van der Waals surface area contributed by atoms with E-state index in [1.165, 1.54) is 37.1 Å². The molecule has 0 N–H and O–H groups in total. The quantitative estimate of drug-likeness (QED) is 0.732. The lowest BCUT2D eigenvalue weighted by Crippen LogP contribution is -2.33. The normalized spacial score (nSPS) is 14.3. The molecule has 1 aliphatic rings. The van der Waals surface area contributed by atoms with Crippen LogP contribution >= 0.6 is 0 Å². The van der Waals surface area contributed by atoms with Gasteiger partial charge in [0.2, 0.25) is 5.91 Å². The van der Waals surface area contributed by atoms with Gasteiger partial charge in [0.25, 0.3) is 0 Å². The van der Waals surface area contributed by atoms with Gasteiger partial charge in [0.1, 0.15) is 0 Å². The van der Waals surface area contributed by atoms with E-state index in [0.29, 0.717) is 6.42 Å². The van der Waals surface area contributed by atoms with Crippen LogP contribution in [0.4, 0.5) is 5.69 Å². The Balaban J connectivity index is 2.12. The van der Waals surface area contributed by atoms with E-state index in [9.17, 15) is 4.79 Å². The topological polar surface area (TPSA) is 23.6 Å². The minimum Gasteiger partial charge on any atom is -0.309 e. The maximum atomic E-state index is 12.3. The summed E-state index contributed by atoms with van der Waals surface area (Å²) >= 11 is 0. The Bertz CT molecular complexity index is 504. The monoisotopic (exact) mass is 302 g/mol. The number of hydrogen-bond donors (Lipinski definition) is 0. The third-order valence-corrected chi connectivity index (χ3v) is 4.40. The third kappa shape index (κ3) is 3.70. The highest BCUT2D eigenvalue weighted by Gasteiger charge is 2.30. The molecule has 1 aromatic rings. The van der Waals surface area contributed by atoms with Gasteiger partial charge in [-0.3, -0.25) is 4.79 Å². The summed E-state index contributed by atoms with van der Waals surface area (Å²) in [6.07, 6.45) is 4.02. The van der Waals surface area contributed by atoms with E-state index in [0.717, 1.165) is 18.7 Å². The molecule has 0 spiro atoms. The molecule has 0 saturated heterocycles. The van der Waals surface area contributed by atoms with E-state index in [-0.39, 0.29) is 11.9 Å². The van der Waals surface area contributed by atoms with Gasteiger partial charge in [-0.1, -0.05) is 26.0 Å². The lowest BCUT2D eigenvalue weighted by molar-refractivity contribution is -0.117. The van der Waals surface area contributed by atoms with E-state index >= 15 is 0 Å². The highest BCUT2D eigenvalue weighted by atomic mass is 16.2. The Labute approximate surface area is 135 Å². The number of hydrogen-bond acceptors (Lipinski definition) is 2. The van der Waals surface area contributed by atoms with Crippen molar-refractivity contribution in [2.75, 3.05) is 24.5 Å². The number of carbonyl (C=O) groups is 1. The van der Waals surface area contributed by atoms with Crippen LogP contribution in [-0.4, -0.2) is 36.5 Å². The molecule has 0 aliphatic carbocycles. The van der Waals surface area contributed by atoms with Crippen molar-refractivity contribution in [3.63, 3.8) is 0 Å². The summed E-state index contributed by atoms with van der Waals surface area (Å²) in [5.41, 5.74) is 3.75. The predicted octanol–water partition coefficient (Wildman–Crippen LogP) is 3.65. The van der Waals surface area contributed by atoms with Crippen LogP contribution in [0.1, 0.15) is 51.7 Å². The Morgan fingerprint density at radius 1 is 1.14 bits per heavy atom. The average molecular weight is 302 g/mol. The highest BCUT2D eigenvalue weighted by molar-refractivity contribution is 6.02. The van der Waals surface area contributed by atoms with Crippen molar-refractivity contribution in [1.82, 2.24) is 4.90 Å².